The van der Waals surface area contributed by atoms with Crippen molar-refractivity contribution in [2.75, 3.05) is 52.2 Å². The van der Waals surface area contributed by atoms with E-state index in [1.165, 1.54) is 29.0 Å². The highest BCUT2D eigenvalue weighted by Gasteiger charge is 2.19. The van der Waals surface area contributed by atoms with Gasteiger partial charge in [-0.3, -0.25) is 38.9 Å². The van der Waals surface area contributed by atoms with Gasteiger partial charge in [0.1, 0.15) is 22.8 Å². The number of hydrogen-bond donors (Lipinski definition) is 7. The molecule has 0 aliphatic heterocycles. The number of carbonyl (C=O) groups excluding carboxylic acids is 4. The number of unbranched alkanes of at least 4 members (excludes halogenated alkanes) is 1. The van der Waals surface area contributed by atoms with Gasteiger partial charge in [-0.15, -0.1) is 35.6 Å². The summed E-state index contributed by atoms with van der Waals surface area (Å²) >= 11 is 11.7. The van der Waals surface area contributed by atoms with Crippen molar-refractivity contribution >= 4 is 87.8 Å². The molecule has 4 aromatic heterocycles. The normalized spacial score (nSPS) is 10.7. The number of alkyl halides is 2. The van der Waals surface area contributed by atoms with E-state index in [2.05, 4.69) is 26.3 Å². The van der Waals surface area contributed by atoms with Crippen molar-refractivity contribution in [3.63, 3.8) is 0 Å². The molecule has 0 unspecified atom stereocenters. The maximum atomic E-state index is 13.2. The molecule has 0 fully saturated rings. The van der Waals surface area contributed by atoms with E-state index in [0.29, 0.717) is 54.4 Å². The molecule has 0 aromatic carbocycles. The first-order valence-corrected chi connectivity index (χ1v) is 18.0. The summed E-state index contributed by atoms with van der Waals surface area (Å²) in [6.07, 6.45) is 7.55. The molecule has 18 nitrogen and oxygen atoms in total. The van der Waals surface area contributed by atoms with Gasteiger partial charge < -0.3 is 45.6 Å². The average molecular weight is 824 g/mol. The molecule has 0 bridgehead atoms. The number of nitrogens with one attached hydrogen (secondary N) is 6. The van der Waals surface area contributed by atoms with Gasteiger partial charge in [-0.05, 0) is 31.0 Å². The summed E-state index contributed by atoms with van der Waals surface area (Å²) in [5, 5.41) is 18.3. The van der Waals surface area contributed by atoms with Crippen LogP contribution in [0, 0.1) is 5.41 Å². The quantitative estimate of drug-likeness (QED) is 0.0320. The fourth-order valence-electron chi connectivity index (χ4n) is 5.60. The van der Waals surface area contributed by atoms with Crippen LogP contribution >= 0.6 is 35.6 Å². The number of hydrogen-bond acceptors (Lipinski definition) is 8. The van der Waals surface area contributed by atoms with Gasteiger partial charge in [-0.2, -0.15) is 0 Å². The van der Waals surface area contributed by atoms with Crippen molar-refractivity contribution in [3.8, 4) is 0 Å². The molecule has 8 N–H and O–H groups in total. The van der Waals surface area contributed by atoms with Crippen molar-refractivity contribution in [3.05, 3.63) is 80.9 Å². The van der Waals surface area contributed by atoms with Crippen LogP contribution in [0.4, 0.5) is 22.7 Å². The minimum atomic E-state index is -0.553. The molecular weight excluding hydrogens is 779 g/mol. The standard InChI is InChI=1S/C34H44Cl2N12O6.ClH/c1-44-18-22(15-24(44)30(50)39-10-7-28(37)38)41-32(52)26-16-23(19-46(26)3)42-31(51)25-14-21(17-45(25)2)40-29(49)6-4-5-11-48-20-27(33(53)43-34(48)54)47(12-8-35)13-9-36;/h14-20H,4-13H2,1-3H3,(H3,37,38)(H,39,50)(H,40,49)(H,41,52)(H,42,51)(H,43,53,54);1H. The number of rotatable bonds is 19. The van der Waals surface area contributed by atoms with Crippen LogP contribution in [0.3, 0.4) is 0 Å². The number of amidine groups is 1. The van der Waals surface area contributed by atoms with E-state index in [-0.39, 0.29) is 79.1 Å². The molecule has 55 heavy (non-hydrogen) atoms. The van der Waals surface area contributed by atoms with Crippen LogP contribution in [0.5, 0.6) is 0 Å². The highest BCUT2D eigenvalue weighted by atomic mass is 35.5. The van der Waals surface area contributed by atoms with E-state index in [0.717, 1.165) is 0 Å². The maximum Gasteiger partial charge on any atom is 0.328 e. The lowest BCUT2D eigenvalue weighted by Gasteiger charge is -2.22. The summed E-state index contributed by atoms with van der Waals surface area (Å²) in [6, 6.07) is 4.56. The van der Waals surface area contributed by atoms with E-state index in [1.807, 2.05) is 0 Å². The molecule has 4 amide bonds. The zero-order valence-electron chi connectivity index (χ0n) is 30.5. The van der Waals surface area contributed by atoms with Crippen LogP contribution in [-0.2, 0) is 32.5 Å². The number of halogens is 3. The molecule has 4 rings (SSSR count). The van der Waals surface area contributed by atoms with Gasteiger partial charge in [0.05, 0.1) is 22.9 Å². The Labute approximate surface area is 332 Å². The van der Waals surface area contributed by atoms with E-state index in [9.17, 15) is 28.8 Å². The number of anilines is 4. The first-order chi connectivity index (χ1) is 25.7. The van der Waals surface area contributed by atoms with Crippen LogP contribution in [0.25, 0.3) is 0 Å². The molecule has 0 atom stereocenters. The Morgan fingerprint density at radius 2 is 1.25 bits per heavy atom. The average Bonchev–Trinajstić information content (AvgIpc) is 3.78. The zero-order valence-corrected chi connectivity index (χ0v) is 32.9. The lowest BCUT2D eigenvalue weighted by Crippen LogP contribution is -2.38. The van der Waals surface area contributed by atoms with Crippen molar-refractivity contribution in [2.24, 2.45) is 26.9 Å². The molecular formula is C34H45Cl3N12O6. The van der Waals surface area contributed by atoms with Crippen molar-refractivity contribution in [1.29, 1.82) is 5.41 Å². The molecule has 0 saturated heterocycles. The van der Waals surface area contributed by atoms with Crippen molar-refractivity contribution < 1.29 is 19.2 Å². The highest BCUT2D eigenvalue weighted by Crippen LogP contribution is 2.20. The summed E-state index contributed by atoms with van der Waals surface area (Å²) in [5.41, 5.74) is 6.50. The second-order valence-electron chi connectivity index (χ2n) is 12.5. The third-order valence-electron chi connectivity index (χ3n) is 8.29. The molecule has 0 radical (unpaired) electrons. The number of nitrogens with two attached hydrogens (primary N) is 1. The Balaban J connectivity index is 0.00000812. The summed E-state index contributed by atoms with van der Waals surface area (Å²) < 4.78 is 6.05. The van der Waals surface area contributed by atoms with E-state index in [1.54, 1.807) is 58.3 Å². The third-order valence-corrected chi connectivity index (χ3v) is 8.62. The van der Waals surface area contributed by atoms with Gasteiger partial charge in [0.2, 0.25) is 5.91 Å². The molecule has 0 aliphatic carbocycles. The van der Waals surface area contributed by atoms with Gasteiger partial charge in [-0.1, -0.05) is 0 Å². The van der Waals surface area contributed by atoms with Crippen LogP contribution < -0.4 is 43.1 Å². The Morgan fingerprint density at radius 1 is 0.764 bits per heavy atom. The predicted molar refractivity (Wildman–Crippen MR) is 216 cm³/mol. The number of aryl methyl sites for hydroxylation is 4. The van der Waals surface area contributed by atoms with Crippen molar-refractivity contribution in [2.45, 2.75) is 32.2 Å². The van der Waals surface area contributed by atoms with Gasteiger partial charge >= 0.3 is 5.69 Å². The summed E-state index contributed by atoms with van der Waals surface area (Å²) in [7, 11) is 4.96. The van der Waals surface area contributed by atoms with E-state index >= 15 is 0 Å². The minimum absolute atomic E-state index is 0. The van der Waals surface area contributed by atoms with Crippen LogP contribution in [-0.4, -0.2) is 84.1 Å². The Kier molecular flexibility index (Phi) is 16.2. The molecule has 21 heteroatoms. The van der Waals surface area contributed by atoms with E-state index in [4.69, 9.17) is 34.3 Å². The van der Waals surface area contributed by atoms with Crippen LogP contribution in [0.2, 0.25) is 0 Å². The Hall–Kier alpha value is -5.46. The predicted octanol–water partition coefficient (Wildman–Crippen LogP) is 2.63. The molecule has 4 heterocycles. The van der Waals surface area contributed by atoms with Gasteiger partial charge in [0.15, 0.2) is 0 Å². The van der Waals surface area contributed by atoms with Gasteiger partial charge in [0.25, 0.3) is 23.3 Å². The fourth-order valence-corrected chi connectivity index (χ4v) is 6.01. The molecule has 4 aromatic rings. The van der Waals surface area contributed by atoms with Crippen molar-refractivity contribution in [1.82, 2.24) is 28.6 Å². The summed E-state index contributed by atoms with van der Waals surface area (Å²) in [6.45, 7) is 1.26. The lowest BCUT2D eigenvalue weighted by atomic mass is 10.2. The maximum absolute atomic E-state index is 13.2. The smallest absolute Gasteiger partial charge is 0.328 e. The molecule has 0 saturated carbocycles. The number of H-pyrrole nitrogens is 1. The summed E-state index contributed by atoms with van der Waals surface area (Å²) in [4.78, 5) is 80.3. The lowest BCUT2D eigenvalue weighted by molar-refractivity contribution is -0.116. The number of nitrogens with zero attached hydrogens (tertiary/aromatic N) is 5. The topological polar surface area (TPSA) is 239 Å². The fraction of sp³-hybridized carbons (Fsp3) is 0.382. The number of aromatic nitrogens is 5. The SMILES string of the molecule is Cl.Cn1cc(NC(=O)c2cc(NC(=O)c3cc(NC(=O)CCCCn4cc(N(CCCl)CCCl)c(=O)[nH]c4=O)cn3C)cn2C)cc1C(=O)NCCC(=N)N. The van der Waals surface area contributed by atoms with Crippen LogP contribution in [0.15, 0.2) is 52.6 Å². The first-order valence-electron chi connectivity index (χ1n) is 16.9. The largest absolute Gasteiger partial charge is 0.388 e. The minimum Gasteiger partial charge on any atom is -0.388 e. The Bertz CT molecular complexity index is 2130. The Morgan fingerprint density at radius 3 is 1.75 bits per heavy atom. The van der Waals surface area contributed by atoms with E-state index < -0.39 is 23.1 Å². The third kappa shape index (κ3) is 12.0. The van der Waals surface area contributed by atoms with Gasteiger partial charge in [-0.25, -0.2) is 4.79 Å². The monoisotopic (exact) mass is 822 g/mol. The molecule has 0 spiro atoms. The second-order valence-corrected chi connectivity index (χ2v) is 13.2. The summed E-state index contributed by atoms with van der Waals surface area (Å²) in [5.74, 6) is -1.09. The van der Waals surface area contributed by atoms with Crippen LogP contribution in [0.1, 0.15) is 57.1 Å². The number of aromatic amines is 1. The van der Waals surface area contributed by atoms with Gasteiger partial charge in [0, 0.05) is 96.7 Å². The molecule has 298 valence electrons. The number of amides is 4. The number of carbonyl (C=O) groups is 4. The molecule has 0 aliphatic rings. The first kappa shape index (κ1) is 43.9. The highest BCUT2D eigenvalue weighted by molar-refractivity contribution is 6.18. The zero-order chi connectivity index (χ0) is 39.5. The second kappa shape index (κ2) is 20.3.